The highest BCUT2D eigenvalue weighted by Crippen LogP contribution is 2.68. The second kappa shape index (κ2) is 11.7. The Labute approximate surface area is 287 Å². The van der Waals surface area contributed by atoms with E-state index < -0.39 is 52.0 Å². The van der Waals surface area contributed by atoms with Crippen molar-refractivity contribution in [3.63, 3.8) is 0 Å². The van der Waals surface area contributed by atoms with E-state index in [9.17, 15) is 19.5 Å². The van der Waals surface area contributed by atoms with Gasteiger partial charge in [-0.15, -0.1) is 0 Å². The van der Waals surface area contributed by atoms with Gasteiger partial charge in [-0.25, -0.2) is 4.79 Å². The first-order valence-electron chi connectivity index (χ1n) is 17.0. The van der Waals surface area contributed by atoms with Gasteiger partial charge in [0.15, 0.2) is 28.5 Å². The Kier molecular flexibility index (Phi) is 8.25. The molecule has 1 N–H and O–H groups in total. The van der Waals surface area contributed by atoms with Gasteiger partial charge in [0.2, 0.25) is 0 Å². The van der Waals surface area contributed by atoms with Gasteiger partial charge in [0.1, 0.15) is 22.7 Å². The molecule has 6 aliphatic rings. The second-order valence-corrected chi connectivity index (χ2v) is 15.3. The molecule has 1 aromatic rings. The van der Waals surface area contributed by atoms with Gasteiger partial charge in [-0.05, 0) is 93.2 Å². The summed E-state index contributed by atoms with van der Waals surface area (Å²) in [5.41, 5.74) is -1.08. The normalized spacial score (nSPS) is 29.9. The predicted octanol–water partition coefficient (Wildman–Crippen LogP) is 7.46. The molecule has 9 nitrogen and oxygen atoms in total. The van der Waals surface area contributed by atoms with E-state index in [0.29, 0.717) is 36.1 Å². The number of esters is 1. The molecule has 49 heavy (non-hydrogen) atoms. The van der Waals surface area contributed by atoms with Crippen molar-refractivity contribution in [3.05, 3.63) is 69.4 Å². The van der Waals surface area contributed by atoms with Crippen LogP contribution in [-0.4, -0.2) is 51.0 Å². The molecular formula is C40H46O9. The van der Waals surface area contributed by atoms with Crippen LogP contribution in [0.2, 0.25) is 0 Å². The van der Waals surface area contributed by atoms with Gasteiger partial charge in [-0.3, -0.25) is 14.4 Å². The van der Waals surface area contributed by atoms with Crippen molar-refractivity contribution in [2.75, 3.05) is 0 Å². The van der Waals surface area contributed by atoms with E-state index in [2.05, 4.69) is 6.08 Å². The Morgan fingerprint density at radius 3 is 2.31 bits per heavy atom. The molecule has 5 atom stereocenters. The molecule has 0 aromatic heterocycles. The number of allylic oxidation sites excluding steroid dienone is 5. The Balaban J connectivity index is 1.64. The van der Waals surface area contributed by atoms with Crippen molar-refractivity contribution in [1.29, 1.82) is 0 Å². The maximum absolute atomic E-state index is 15.1. The lowest BCUT2D eigenvalue weighted by Crippen LogP contribution is -2.72. The summed E-state index contributed by atoms with van der Waals surface area (Å²) in [6, 6.07) is 0. The number of benzene rings is 1. The highest BCUT2D eigenvalue weighted by Gasteiger charge is 2.81. The number of rotatable bonds is 9. The van der Waals surface area contributed by atoms with Crippen LogP contribution in [0.4, 0.5) is 0 Å². The number of hydrogen-bond donors (Lipinski definition) is 1. The third-order valence-corrected chi connectivity index (χ3v) is 10.7. The van der Waals surface area contributed by atoms with Crippen molar-refractivity contribution in [2.24, 2.45) is 11.8 Å². The summed E-state index contributed by atoms with van der Waals surface area (Å²) >= 11 is 0. The zero-order valence-electron chi connectivity index (χ0n) is 29.9. The molecule has 7 rings (SSSR count). The van der Waals surface area contributed by atoms with E-state index in [1.54, 1.807) is 6.08 Å². The van der Waals surface area contributed by atoms with E-state index in [1.165, 1.54) is 25.5 Å². The second-order valence-electron chi connectivity index (χ2n) is 15.3. The SMILES string of the molecule is CC(=O)Oc1c2c(c(CC=C(C)C)c3c1C(=O)C1=C[C@@H]4C[C@@H]5C(C)(C)O[C@@](CC=C(C)C(=O)O)(C4=O)[C@@]15O3)OC(C)(CCC=C(C)C)C=C2. The number of ether oxygens (including phenoxy) is 4. The molecule has 1 saturated heterocycles. The van der Waals surface area contributed by atoms with Crippen LogP contribution in [-0.2, 0) is 25.5 Å². The molecule has 2 fully saturated rings. The Morgan fingerprint density at radius 2 is 1.67 bits per heavy atom. The molecule has 3 aliphatic carbocycles. The zero-order chi connectivity index (χ0) is 35.8. The fraction of sp³-hybridized carbons (Fsp3) is 0.500. The van der Waals surface area contributed by atoms with E-state index >= 15 is 4.79 Å². The van der Waals surface area contributed by atoms with Gasteiger partial charge in [-0.2, -0.15) is 0 Å². The van der Waals surface area contributed by atoms with Crippen LogP contribution in [0.25, 0.3) is 6.08 Å². The summed E-state index contributed by atoms with van der Waals surface area (Å²) in [5.74, 6) is -2.71. The van der Waals surface area contributed by atoms with Crippen molar-refractivity contribution >= 4 is 29.6 Å². The third-order valence-electron chi connectivity index (χ3n) is 10.7. The predicted molar refractivity (Wildman–Crippen MR) is 184 cm³/mol. The number of carboxylic acid groups (broad SMARTS) is 1. The number of fused-ring (bicyclic) bond motifs is 2. The van der Waals surface area contributed by atoms with Gasteiger partial charge >= 0.3 is 11.9 Å². The average Bonchev–Trinajstić information content (AvgIpc) is 3.15. The summed E-state index contributed by atoms with van der Waals surface area (Å²) in [5, 5.41) is 9.70. The lowest BCUT2D eigenvalue weighted by Gasteiger charge is -2.56. The highest BCUT2D eigenvalue weighted by atomic mass is 16.6. The first kappa shape index (κ1) is 34.6. The summed E-state index contributed by atoms with van der Waals surface area (Å²) in [4.78, 5) is 54.0. The van der Waals surface area contributed by atoms with Crippen molar-refractivity contribution in [2.45, 2.75) is 117 Å². The van der Waals surface area contributed by atoms with E-state index in [-0.39, 0.29) is 40.4 Å². The van der Waals surface area contributed by atoms with E-state index in [1.807, 2.05) is 66.7 Å². The number of Topliss-reactive ketones (excluding diaryl/α,β-unsaturated/α-hetero) is 2. The monoisotopic (exact) mass is 670 g/mol. The van der Waals surface area contributed by atoms with E-state index in [4.69, 9.17) is 18.9 Å². The lowest BCUT2D eigenvalue weighted by atomic mass is 9.51. The highest BCUT2D eigenvalue weighted by molar-refractivity contribution is 6.19. The van der Waals surface area contributed by atoms with Crippen molar-refractivity contribution in [1.82, 2.24) is 0 Å². The number of carboxylic acids is 1. The Morgan fingerprint density at radius 1 is 0.980 bits per heavy atom. The molecule has 3 heterocycles. The van der Waals surface area contributed by atoms with Gasteiger partial charge in [0.25, 0.3) is 0 Å². The maximum atomic E-state index is 15.1. The molecule has 9 heteroatoms. The fourth-order valence-electron chi connectivity index (χ4n) is 8.41. The largest absolute Gasteiger partial charge is 0.482 e. The number of carbonyl (C=O) groups is 4. The number of carbonyl (C=O) groups excluding carboxylic acids is 3. The van der Waals surface area contributed by atoms with Gasteiger partial charge in [0, 0.05) is 41.9 Å². The van der Waals surface area contributed by atoms with Crippen molar-refractivity contribution < 1.29 is 43.2 Å². The Hall–Kier alpha value is -4.24. The minimum absolute atomic E-state index is 0.0535. The van der Waals surface area contributed by atoms with Crippen LogP contribution in [0.3, 0.4) is 0 Å². The first-order chi connectivity index (χ1) is 22.9. The molecule has 1 unspecified atom stereocenters. The summed E-state index contributed by atoms with van der Waals surface area (Å²) in [6.07, 6.45) is 13.3. The molecule has 260 valence electrons. The minimum Gasteiger partial charge on any atom is -0.482 e. The molecule has 0 amide bonds. The number of hydrogen-bond acceptors (Lipinski definition) is 8. The average molecular weight is 671 g/mol. The van der Waals surface area contributed by atoms with Crippen molar-refractivity contribution in [3.8, 4) is 17.2 Å². The molecule has 4 bridgehead atoms. The quantitative estimate of drug-likeness (QED) is 0.123. The van der Waals surface area contributed by atoms with Crippen LogP contribution in [0.15, 0.2) is 52.7 Å². The molecule has 3 aliphatic heterocycles. The van der Waals surface area contributed by atoms with Gasteiger partial charge in [0.05, 0.1) is 11.2 Å². The van der Waals surface area contributed by atoms with Crippen LogP contribution in [0.5, 0.6) is 17.2 Å². The number of aliphatic carboxylic acids is 1. The van der Waals surface area contributed by atoms with Crippen LogP contribution >= 0.6 is 0 Å². The van der Waals surface area contributed by atoms with Crippen LogP contribution in [0, 0.1) is 11.8 Å². The molecule has 1 saturated carbocycles. The van der Waals surface area contributed by atoms with E-state index in [0.717, 1.165) is 12.0 Å². The molecule has 0 radical (unpaired) electrons. The molecule has 1 aromatic carbocycles. The third kappa shape index (κ3) is 5.23. The smallest absolute Gasteiger partial charge is 0.330 e. The lowest BCUT2D eigenvalue weighted by molar-refractivity contribution is -0.171. The summed E-state index contributed by atoms with van der Waals surface area (Å²) < 4.78 is 26.7. The van der Waals surface area contributed by atoms with Crippen LogP contribution < -0.4 is 14.2 Å². The molecular weight excluding hydrogens is 624 g/mol. The number of ketones is 2. The Bertz CT molecular complexity index is 1840. The zero-order valence-corrected chi connectivity index (χ0v) is 29.9. The molecule has 1 spiro atoms. The van der Waals surface area contributed by atoms with Gasteiger partial charge in [-0.1, -0.05) is 35.5 Å². The standard InChI is InChI=1S/C40H46O9/c1-21(2)11-10-16-38(9)17-15-27-32(47-38)26(13-12-22(3)4)34-30(33(27)46-24(6)41)31(42)28-19-25-20-29-37(7,8)49-39(35(25)43,40(28,29)48-34)18-14-23(5)36(44)45/h11-12,14-15,17,19,25,29H,10,13,16,18,20H2,1-9H3,(H,44,45)/t25-,29-,38?,39+,40-/m1/s1. The first-order valence-corrected chi connectivity index (χ1v) is 17.0. The maximum Gasteiger partial charge on any atom is 0.330 e. The van der Waals surface area contributed by atoms with Gasteiger partial charge < -0.3 is 24.1 Å². The minimum atomic E-state index is -1.66. The van der Waals surface area contributed by atoms with Crippen LogP contribution in [0.1, 0.15) is 109 Å². The fourth-order valence-corrected chi connectivity index (χ4v) is 8.41. The summed E-state index contributed by atoms with van der Waals surface area (Å²) in [7, 11) is 0. The summed E-state index contributed by atoms with van der Waals surface area (Å²) in [6.45, 7) is 16.6. The topological polar surface area (TPSA) is 125 Å².